The number of halogens is 1. The van der Waals surface area contributed by atoms with Crippen LogP contribution in [0, 0.1) is 12.7 Å². The van der Waals surface area contributed by atoms with Crippen LogP contribution in [0.5, 0.6) is 0 Å². The number of ether oxygens (including phenoxy) is 2. The van der Waals surface area contributed by atoms with E-state index in [-0.39, 0.29) is 27.3 Å². The number of nitrogens with zero attached hydrogens (tertiary/aromatic N) is 3. The number of amides is 3. The summed E-state index contributed by atoms with van der Waals surface area (Å²) in [5.74, 6) is -1.67. The smallest absolute Gasteiger partial charge is 0.413 e. The summed E-state index contributed by atoms with van der Waals surface area (Å²) in [7, 11) is 0. The molecule has 0 saturated carbocycles. The predicted molar refractivity (Wildman–Crippen MR) is 140 cm³/mol. The van der Waals surface area contributed by atoms with Gasteiger partial charge in [-0.05, 0) is 58.2 Å². The third-order valence-electron chi connectivity index (χ3n) is 5.56. The molecule has 0 spiro atoms. The monoisotopic (exact) mass is 544 g/mol. The molecule has 2 aromatic heterocycles. The maximum Gasteiger partial charge on any atom is 0.413 e. The topological polar surface area (TPSA) is 136 Å². The van der Waals surface area contributed by atoms with Gasteiger partial charge in [-0.15, -0.1) is 0 Å². The molecule has 38 heavy (non-hydrogen) atoms. The largest absolute Gasteiger partial charge is 0.444 e. The quantitative estimate of drug-likeness (QED) is 0.398. The number of thiazole rings is 1. The summed E-state index contributed by atoms with van der Waals surface area (Å²) < 4.78 is 27.0. The van der Waals surface area contributed by atoms with Crippen molar-refractivity contribution in [1.82, 2.24) is 14.8 Å². The van der Waals surface area contributed by atoms with Crippen molar-refractivity contribution in [3.05, 3.63) is 52.4 Å². The first-order valence-corrected chi connectivity index (χ1v) is 12.8. The van der Waals surface area contributed by atoms with Crippen LogP contribution in [0.25, 0.3) is 0 Å². The molecule has 13 heteroatoms. The van der Waals surface area contributed by atoms with Crippen LogP contribution in [-0.4, -0.2) is 51.5 Å². The van der Waals surface area contributed by atoms with E-state index in [9.17, 15) is 18.8 Å². The van der Waals surface area contributed by atoms with Crippen LogP contribution in [0.3, 0.4) is 0 Å². The first-order valence-electron chi connectivity index (χ1n) is 12.0. The Labute approximate surface area is 222 Å². The van der Waals surface area contributed by atoms with E-state index in [0.29, 0.717) is 24.6 Å². The molecule has 11 nitrogen and oxygen atoms in total. The Kier molecular flexibility index (Phi) is 8.07. The number of aryl methyl sites for hydroxylation is 1. The van der Waals surface area contributed by atoms with Gasteiger partial charge in [0.05, 0.1) is 17.8 Å². The van der Waals surface area contributed by atoms with E-state index in [0.717, 1.165) is 24.2 Å². The summed E-state index contributed by atoms with van der Waals surface area (Å²) in [6.45, 7) is 8.10. The van der Waals surface area contributed by atoms with E-state index in [1.165, 1.54) is 18.3 Å². The Morgan fingerprint density at radius 1 is 1.13 bits per heavy atom. The summed E-state index contributed by atoms with van der Waals surface area (Å²) in [6, 6.07) is 4.27. The van der Waals surface area contributed by atoms with Gasteiger partial charge < -0.3 is 20.1 Å². The van der Waals surface area contributed by atoms with Gasteiger partial charge in [-0.25, -0.2) is 14.2 Å². The zero-order valence-corrected chi connectivity index (χ0v) is 22.3. The molecular weight excluding hydrogens is 515 g/mol. The van der Waals surface area contributed by atoms with E-state index in [2.05, 4.69) is 26.0 Å². The fourth-order valence-electron chi connectivity index (χ4n) is 3.73. The van der Waals surface area contributed by atoms with Crippen molar-refractivity contribution < 1.29 is 28.2 Å². The molecule has 3 heterocycles. The lowest BCUT2D eigenvalue weighted by atomic mass is 10.1. The summed E-state index contributed by atoms with van der Waals surface area (Å²) in [5.41, 5.74) is -0.253. The molecule has 3 N–H and O–H groups in total. The molecule has 202 valence electrons. The molecule has 0 aliphatic carbocycles. The van der Waals surface area contributed by atoms with Gasteiger partial charge in [-0.2, -0.15) is 5.10 Å². The van der Waals surface area contributed by atoms with Crippen LogP contribution < -0.4 is 16.0 Å². The highest BCUT2D eigenvalue weighted by Gasteiger charge is 2.21. The average Bonchev–Trinajstić information content (AvgIpc) is 3.50. The number of hydrogen-bond acceptors (Lipinski definition) is 8. The molecule has 1 aliphatic rings. The van der Waals surface area contributed by atoms with Crippen LogP contribution in [0.1, 0.15) is 65.2 Å². The van der Waals surface area contributed by atoms with E-state index in [4.69, 9.17) is 9.47 Å². The third-order valence-corrected chi connectivity index (χ3v) is 6.47. The second kappa shape index (κ2) is 11.3. The van der Waals surface area contributed by atoms with Gasteiger partial charge in [0, 0.05) is 31.2 Å². The molecule has 3 aromatic rings. The van der Waals surface area contributed by atoms with E-state index >= 15 is 0 Å². The molecule has 1 aromatic carbocycles. The lowest BCUT2D eigenvalue weighted by molar-refractivity contribution is 0.0635. The molecule has 0 radical (unpaired) electrons. The fraction of sp³-hybridized carbons (Fsp3) is 0.400. The second-order valence-corrected chi connectivity index (χ2v) is 10.8. The molecule has 1 aliphatic heterocycles. The standard InChI is InChI=1S/C25H29FN6O5S/c1-14-11-17(26)16(21(33)29-20-5-8-32(31-20)15-6-9-36-10-7-15)12-18(14)28-22(34)19-13-27-23(38-19)30-24(35)37-25(2,3)4/h5,8,11-13,15H,6-7,9-10H2,1-4H3,(H,28,34)(H,27,30,35)(H,29,31,33). The summed E-state index contributed by atoms with van der Waals surface area (Å²) in [5, 5.41) is 12.3. The number of hydrogen-bond donors (Lipinski definition) is 3. The van der Waals surface area contributed by atoms with Crippen molar-refractivity contribution in [3.63, 3.8) is 0 Å². The number of anilines is 3. The summed E-state index contributed by atoms with van der Waals surface area (Å²) in [4.78, 5) is 41.8. The van der Waals surface area contributed by atoms with E-state index < -0.39 is 29.3 Å². The average molecular weight is 545 g/mol. The Bertz CT molecular complexity index is 1340. The van der Waals surface area contributed by atoms with Gasteiger partial charge in [0.15, 0.2) is 10.9 Å². The number of carbonyl (C=O) groups excluding carboxylic acids is 3. The molecular formula is C25H29FN6O5S. The van der Waals surface area contributed by atoms with E-state index in [1.54, 1.807) is 44.6 Å². The molecule has 0 bridgehead atoms. The summed E-state index contributed by atoms with van der Waals surface area (Å²) in [6.07, 6.45) is 4.02. The Balaban J connectivity index is 1.42. The maximum atomic E-state index is 14.7. The fourth-order valence-corrected chi connectivity index (χ4v) is 4.43. The van der Waals surface area contributed by atoms with Gasteiger partial charge in [0.2, 0.25) is 0 Å². The van der Waals surface area contributed by atoms with Gasteiger partial charge in [0.25, 0.3) is 11.8 Å². The summed E-state index contributed by atoms with van der Waals surface area (Å²) >= 11 is 0.943. The van der Waals surface area contributed by atoms with Crippen molar-refractivity contribution in [2.24, 2.45) is 0 Å². The highest BCUT2D eigenvalue weighted by atomic mass is 32.1. The van der Waals surface area contributed by atoms with Crippen LogP contribution >= 0.6 is 11.3 Å². The molecule has 1 fully saturated rings. The first kappa shape index (κ1) is 27.2. The Morgan fingerprint density at radius 3 is 2.58 bits per heavy atom. The minimum Gasteiger partial charge on any atom is -0.444 e. The first-order chi connectivity index (χ1) is 18.0. The number of carbonyl (C=O) groups is 3. The van der Waals surface area contributed by atoms with Crippen molar-refractivity contribution in [2.45, 2.75) is 52.2 Å². The Hall–Kier alpha value is -3.84. The normalized spacial score (nSPS) is 14.1. The maximum absolute atomic E-state index is 14.7. The molecule has 0 atom stereocenters. The van der Waals surface area contributed by atoms with Crippen LogP contribution in [0.2, 0.25) is 0 Å². The van der Waals surface area contributed by atoms with Crippen molar-refractivity contribution in [3.8, 4) is 0 Å². The number of rotatable bonds is 6. The molecule has 1 saturated heterocycles. The lowest BCUT2D eigenvalue weighted by Gasteiger charge is -2.22. The van der Waals surface area contributed by atoms with Crippen LogP contribution in [0.15, 0.2) is 30.6 Å². The van der Waals surface area contributed by atoms with Gasteiger partial charge in [-0.3, -0.25) is 19.6 Å². The third kappa shape index (κ3) is 6.92. The van der Waals surface area contributed by atoms with Crippen LogP contribution in [0.4, 0.5) is 25.8 Å². The minimum atomic E-state index is -0.733. The number of benzene rings is 1. The van der Waals surface area contributed by atoms with Crippen LogP contribution in [-0.2, 0) is 9.47 Å². The van der Waals surface area contributed by atoms with Crippen molar-refractivity contribution in [2.75, 3.05) is 29.2 Å². The zero-order valence-electron chi connectivity index (χ0n) is 21.5. The van der Waals surface area contributed by atoms with Gasteiger partial charge in [0.1, 0.15) is 16.3 Å². The predicted octanol–water partition coefficient (Wildman–Crippen LogP) is 4.99. The molecule has 3 amide bonds. The highest BCUT2D eigenvalue weighted by Crippen LogP contribution is 2.25. The highest BCUT2D eigenvalue weighted by molar-refractivity contribution is 7.17. The Morgan fingerprint density at radius 2 is 1.87 bits per heavy atom. The SMILES string of the molecule is Cc1cc(F)c(C(=O)Nc2ccn(C3CCOCC3)n2)cc1NC(=O)c1cnc(NC(=O)OC(C)(C)C)s1. The number of aromatic nitrogens is 3. The second-order valence-electron chi connectivity index (χ2n) is 9.74. The van der Waals surface area contributed by atoms with Gasteiger partial charge >= 0.3 is 6.09 Å². The zero-order chi connectivity index (χ0) is 27.4. The van der Waals surface area contributed by atoms with Gasteiger partial charge in [-0.1, -0.05) is 11.3 Å². The number of nitrogens with one attached hydrogen (secondary N) is 3. The van der Waals surface area contributed by atoms with E-state index in [1.807, 2.05) is 0 Å². The van der Waals surface area contributed by atoms with Crippen molar-refractivity contribution in [1.29, 1.82) is 0 Å². The molecule has 0 unspecified atom stereocenters. The van der Waals surface area contributed by atoms with Crippen molar-refractivity contribution >= 4 is 45.9 Å². The minimum absolute atomic E-state index is 0.180. The molecule has 4 rings (SSSR count). The lowest BCUT2D eigenvalue weighted by Crippen LogP contribution is -2.27.